The number of ether oxygens (including phenoxy) is 1. The van der Waals surface area contributed by atoms with Crippen molar-refractivity contribution in [2.75, 3.05) is 24.6 Å². The molecule has 9 rings (SSSR count). The molecule has 1 aliphatic heterocycles. The quantitative estimate of drug-likeness (QED) is 0.0575. The van der Waals surface area contributed by atoms with Crippen LogP contribution >= 0.6 is 15.8 Å². The zero-order valence-electron chi connectivity index (χ0n) is 48.3. The number of hydrogen-bond donors (Lipinski definition) is 0. The molecule has 0 saturated carbocycles. The Kier molecular flexibility index (Phi) is 21.9. The van der Waals surface area contributed by atoms with Gasteiger partial charge in [0, 0.05) is 51.9 Å². The Labute approximate surface area is 521 Å². The van der Waals surface area contributed by atoms with Crippen LogP contribution in [0.15, 0.2) is 133 Å². The van der Waals surface area contributed by atoms with Gasteiger partial charge in [0.05, 0.1) is 69.2 Å². The molecule has 29 heteroatoms. The molecule has 0 amide bonds. The molecule has 91 heavy (non-hydrogen) atoms. The molecular weight excluding hydrogens is 1390 g/mol. The van der Waals surface area contributed by atoms with Crippen LogP contribution in [0.25, 0.3) is 0 Å². The number of halogens is 24. The summed E-state index contributed by atoms with van der Waals surface area (Å²) in [5.74, 6) is 3.99. The van der Waals surface area contributed by atoms with Gasteiger partial charge in [-0.1, -0.05) is 111 Å². The molecule has 0 saturated heterocycles. The molecular formula is C62H54BF24OP2Rh+. The minimum absolute atomic E-state index is 0. The van der Waals surface area contributed by atoms with Gasteiger partial charge < -0.3 is 4.74 Å². The van der Waals surface area contributed by atoms with Gasteiger partial charge in [-0.3, -0.25) is 0 Å². The Bertz CT molecular complexity index is 3110. The molecule has 0 unspecified atom stereocenters. The van der Waals surface area contributed by atoms with Crippen LogP contribution in [0, 0.1) is 11.8 Å². The second kappa shape index (κ2) is 26.7. The molecule has 0 fully saturated rings. The van der Waals surface area contributed by atoms with Gasteiger partial charge in [-0.05, 0) is 82.3 Å². The summed E-state index contributed by atoms with van der Waals surface area (Å²) in [5, 5.41) is 2.99. The summed E-state index contributed by atoms with van der Waals surface area (Å²) in [6.07, 6.45) is -39.2. The monoisotopic (exact) mass is 1450 g/mol. The van der Waals surface area contributed by atoms with Crippen LogP contribution in [0.2, 0.25) is 0 Å². The van der Waals surface area contributed by atoms with Crippen LogP contribution < -0.4 is 37.2 Å². The number of allylic oxidation sites excluding steroid dienone is 4. The third kappa shape index (κ3) is 16.2. The largest absolute Gasteiger partial charge is 0.448 e. The fraction of sp³-hybridized carbons (Fsp3) is 0.355. The maximum absolute atomic E-state index is 14.2. The van der Waals surface area contributed by atoms with Crippen molar-refractivity contribution < 1.29 is 130 Å². The number of para-hydroxylation sites is 2. The van der Waals surface area contributed by atoms with Crippen LogP contribution in [-0.4, -0.2) is 30.8 Å². The van der Waals surface area contributed by atoms with E-state index in [1.807, 2.05) is 0 Å². The summed E-state index contributed by atoms with van der Waals surface area (Å²) in [4.78, 5) is 0. The molecule has 497 valence electrons. The maximum Gasteiger partial charge on any atom is 0.416 e. The first kappa shape index (κ1) is 74.5. The third-order valence-corrected chi connectivity index (χ3v) is 22.0. The van der Waals surface area contributed by atoms with Gasteiger partial charge in [0.25, 0.3) is 0 Å². The average molecular weight is 1450 g/mol. The van der Waals surface area contributed by atoms with E-state index in [9.17, 15) is 105 Å². The van der Waals surface area contributed by atoms with Crippen LogP contribution in [0.3, 0.4) is 0 Å². The number of benzene rings is 6. The van der Waals surface area contributed by atoms with Gasteiger partial charge in [0.2, 0.25) is 0 Å². The Morgan fingerprint density at radius 3 is 0.736 bits per heavy atom. The molecule has 1 radical (unpaired) electrons. The van der Waals surface area contributed by atoms with Gasteiger partial charge in [-0.15, -0.1) is 0 Å². The molecule has 0 aromatic heterocycles. The minimum Gasteiger partial charge on any atom is -0.448 e. The number of rotatable bonds is 10. The Morgan fingerprint density at radius 2 is 0.571 bits per heavy atom. The fourth-order valence-electron chi connectivity index (χ4n) is 11.7. The number of fused-ring (bicyclic) bond motifs is 4. The summed E-state index contributed by atoms with van der Waals surface area (Å²) in [6, 6.07) is 4.91. The fourth-order valence-corrected chi connectivity index (χ4v) is 15.9. The van der Waals surface area contributed by atoms with Crippen LogP contribution in [-0.2, 0) is 74.3 Å². The van der Waals surface area contributed by atoms with Crippen LogP contribution in [0.4, 0.5) is 105 Å². The first-order valence-corrected chi connectivity index (χ1v) is 31.4. The summed E-state index contributed by atoms with van der Waals surface area (Å²) in [7, 11) is -1.10. The average Bonchev–Trinajstić information content (AvgIpc) is 0.982. The van der Waals surface area contributed by atoms with E-state index < -0.39 is 211 Å². The van der Waals surface area contributed by atoms with Crippen molar-refractivity contribution in [1.82, 2.24) is 0 Å². The van der Waals surface area contributed by atoms with E-state index in [-0.39, 0.29) is 24.9 Å². The smallest absolute Gasteiger partial charge is 0.416 e. The van der Waals surface area contributed by atoms with Gasteiger partial charge in [0.15, 0.2) is 11.5 Å². The zero-order valence-corrected chi connectivity index (χ0v) is 51.9. The van der Waals surface area contributed by atoms with Crippen molar-refractivity contribution in [3.05, 3.63) is 189 Å². The summed E-state index contributed by atoms with van der Waals surface area (Å²) in [6.45, 7) is 14.1. The summed E-state index contributed by atoms with van der Waals surface area (Å²) >= 11 is 0. The van der Waals surface area contributed by atoms with E-state index in [1.54, 1.807) is 0 Å². The zero-order chi connectivity index (χ0) is 67.5. The van der Waals surface area contributed by atoms with Crippen molar-refractivity contribution in [3.63, 3.8) is 0 Å². The molecule has 1 heterocycles. The summed E-state index contributed by atoms with van der Waals surface area (Å²) < 4.78 is 348. The van der Waals surface area contributed by atoms with Crippen molar-refractivity contribution >= 4 is 54.4 Å². The molecule has 1 nitrogen and oxygen atoms in total. The number of alkyl halides is 24. The SMILES string of the molecule is C1=CC2C=CC1C2.CC[PH+](CC)c1cccc2c1Oc1c([PH+](CC)CC)cccc1C2(C)C.FC(F)(F)c1cc([B-](c2cc(C(F)(F)F)cc(C(F)(F)F)c2)(c2cc(C(F)(F)F)cc(C(F)(F)F)c2)c2cc(C(F)(F)F)cc(C(F)(F)F)c2)cc(C(F)(F)F)c1.[Rh]. The minimum atomic E-state index is -6.13. The van der Waals surface area contributed by atoms with E-state index in [0.717, 1.165) is 11.8 Å². The molecule has 2 aliphatic carbocycles. The Morgan fingerprint density at radius 1 is 0.363 bits per heavy atom. The third-order valence-electron chi connectivity index (χ3n) is 16.2. The molecule has 0 N–H and O–H groups in total. The molecule has 0 spiro atoms. The van der Waals surface area contributed by atoms with Crippen molar-refractivity contribution in [1.29, 1.82) is 0 Å². The topological polar surface area (TPSA) is 9.23 Å². The van der Waals surface area contributed by atoms with Gasteiger partial charge in [-0.25, -0.2) is 0 Å². The molecule has 2 bridgehead atoms. The van der Waals surface area contributed by atoms with Gasteiger partial charge in [0.1, 0.15) is 16.8 Å². The summed E-state index contributed by atoms with van der Waals surface area (Å²) in [5.41, 5.74) is -27.5. The second-order valence-electron chi connectivity index (χ2n) is 22.3. The van der Waals surface area contributed by atoms with Gasteiger partial charge >= 0.3 is 49.4 Å². The predicted molar refractivity (Wildman–Crippen MR) is 303 cm³/mol. The standard InChI is InChI=1S/C32H12BF24.C23H32OP2.C7H8.Rh/c34-25(35,36)13-1-14(26(37,38)39)6-21(5-13)33(22-7-15(27(40,41)42)2-16(8-22)28(43,44)45,23-9-17(29(46,47)48)3-18(10-23)30(49,50)51)24-11-19(31(52,53)54)4-20(12-24)32(55,56)57;1-7-25(8-2)19-15-11-13-17-21(19)24-22-18(23(17,5)6)14-12-16-20(22)26(9-3)10-4;1-2-7-4-3-6(1)5-7;/h1-12H;11-16H,7-10H2,1-6H3;1-4,6-7H,5H2;/q-1;;;/p+2. The first-order chi connectivity index (χ1) is 41.2. The van der Waals surface area contributed by atoms with E-state index in [2.05, 4.69) is 102 Å². The van der Waals surface area contributed by atoms with E-state index in [1.165, 1.54) is 64.3 Å². The van der Waals surface area contributed by atoms with Gasteiger partial charge in [-0.2, -0.15) is 127 Å². The number of hydrogen-bond acceptors (Lipinski definition) is 1. The van der Waals surface area contributed by atoms with Crippen LogP contribution in [0.1, 0.15) is 104 Å². The predicted octanol–water partition coefficient (Wildman–Crippen LogP) is 18.8. The maximum atomic E-state index is 14.2. The Hall–Kier alpha value is -5.53. The Balaban J connectivity index is 0.000000314. The van der Waals surface area contributed by atoms with Crippen LogP contribution in [0.5, 0.6) is 11.5 Å². The van der Waals surface area contributed by atoms with E-state index in [0.29, 0.717) is 0 Å². The van der Waals surface area contributed by atoms with E-state index >= 15 is 0 Å². The molecule has 6 aromatic rings. The van der Waals surface area contributed by atoms with Crippen molar-refractivity contribution in [2.24, 2.45) is 11.8 Å². The van der Waals surface area contributed by atoms with Crippen molar-refractivity contribution in [3.8, 4) is 11.5 Å². The molecule has 3 aliphatic rings. The molecule has 0 atom stereocenters. The normalized spacial score (nSPS) is 16.6. The van der Waals surface area contributed by atoms with E-state index in [4.69, 9.17) is 4.74 Å². The second-order valence-corrected chi connectivity index (χ2v) is 28.6. The molecule has 6 aromatic carbocycles. The van der Waals surface area contributed by atoms with Crippen molar-refractivity contribution in [2.45, 2.75) is 103 Å². The first-order valence-electron chi connectivity index (χ1n) is 27.6.